The predicted octanol–water partition coefficient (Wildman–Crippen LogP) is 3.50. The molecule has 0 spiro atoms. The summed E-state index contributed by atoms with van der Waals surface area (Å²) in [6, 6.07) is 8.71. The van der Waals surface area contributed by atoms with Crippen LogP contribution < -0.4 is 11.3 Å². The molecule has 0 aliphatic rings. The summed E-state index contributed by atoms with van der Waals surface area (Å²) in [5.41, 5.74) is 6.70. The number of aromatic nitrogens is 2. The van der Waals surface area contributed by atoms with Crippen LogP contribution in [-0.4, -0.2) is 9.78 Å². The molecule has 0 saturated heterocycles. The fourth-order valence-electron chi connectivity index (χ4n) is 2.59. The monoisotopic (exact) mass is 350 g/mol. The van der Waals surface area contributed by atoms with Crippen molar-refractivity contribution < 1.29 is 0 Å². The maximum Gasteiger partial charge on any atom is 0.0709 e. The Morgan fingerprint density at radius 2 is 2.24 bits per heavy atom. The Labute approximate surface area is 134 Å². The van der Waals surface area contributed by atoms with Crippen molar-refractivity contribution in [2.24, 2.45) is 5.84 Å². The maximum absolute atomic E-state index is 5.78. The Kier molecular flexibility index (Phi) is 5.96. The van der Waals surface area contributed by atoms with Crippen molar-refractivity contribution in [2.45, 2.75) is 45.7 Å². The van der Waals surface area contributed by atoms with Gasteiger partial charge in [0.2, 0.25) is 0 Å². The smallest absolute Gasteiger partial charge is 0.0709 e. The van der Waals surface area contributed by atoms with E-state index in [1.54, 1.807) is 0 Å². The van der Waals surface area contributed by atoms with Crippen molar-refractivity contribution >= 4 is 15.9 Å². The number of benzene rings is 1. The minimum absolute atomic E-state index is 0.0916. The summed E-state index contributed by atoms with van der Waals surface area (Å²) in [4.78, 5) is 0. The van der Waals surface area contributed by atoms with Crippen molar-refractivity contribution in [3.05, 3.63) is 51.8 Å². The van der Waals surface area contributed by atoms with E-state index in [1.165, 1.54) is 11.1 Å². The van der Waals surface area contributed by atoms with Gasteiger partial charge in [-0.2, -0.15) is 5.10 Å². The molecule has 114 valence electrons. The topological polar surface area (TPSA) is 55.9 Å². The van der Waals surface area contributed by atoms with Crippen LogP contribution in [0, 0.1) is 6.92 Å². The molecule has 5 heteroatoms. The summed E-state index contributed by atoms with van der Waals surface area (Å²) >= 11 is 3.59. The summed E-state index contributed by atoms with van der Waals surface area (Å²) in [5.74, 6) is 5.78. The molecule has 1 unspecified atom stereocenters. The standard InChI is InChI=1S/C16H23BrN4/c1-3-9-21-16(14(17)11-19-21)15(20-18)8-7-13-6-4-5-12(2)10-13/h4-6,10-11,15,20H,3,7-9,18H2,1-2H3. The molecule has 2 rings (SSSR count). The van der Waals surface area contributed by atoms with E-state index < -0.39 is 0 Å². The highest BCUT2D eigenvalue weighted by molar-refractivity contribution is 9.10. The van der Waals surface area contributed by atoms with Crippen molar-refractivity contribution in [1.82, 2.24) is 15.2 Å². The van der Waals surface area contributed by atoms with Crippen LogP contribution in [-0.2, 0) is 13.0 Å². The lowest BCUT2D eigenvalue weighted by Crippen LogP contribution is -2.30. The Hall–Kier alpha value is -1.17. The summed E-state index contributed by atoms with van der Waals surface area (Å²) < 4.78 is 3.05. The number of aryl methyl sites for hydroxylation is 3. The van der Waals surface area contributed by atoms with E-state index in [4.69, 9.17) is 5.84 Å². The molecule has 0 saturated carbocycles. The van der Waals surface area contributed by atoms with E-state index in [-0.39, 0.29) is 6.04 Å². The van der Waals surface area contributed by atoms with Crippen LogP contribution >= 0.6 is 15.9 Å². The summed E-state index contributed by atoms with van der Waals surface area (Å²) in [6.45, 7) is 5.18. The molecule has 0 aliphatic carbocycles. The van der Waals surface area contributed by atoms with E-state index in [0.717, 1.165) is 36.0 Å². The number of hydrazine groups is 1. The Morgan fingerprint density at radius 3 is 2.90 bits per heavy atom. The maximum atomic E-state index is 5.78. The second kappa shape index (κ2) is 7.73. The highest BCUT2D eigenvalue weighted by Crippen LogP contribution is 2.26. The number of hydrogen-bond acceptors (Lipinski definition) is 3. The fraction of sp³-hybridized carbons (Fsp3) is 0.438. The van der Waals surface area contributed by atoms with E-state index in [0.29, 0.717) is 0 Å². The average molecular weight is 351 g/mol. The molecule has 21 heavy (non-hydrogen) atoms. The highest BCUT2D eigenvalue weighted by Gasteiger charge is 2.18. The third kappa shape index (κ3) is 4.15. The van der Waals surface area contributed by atoms with Gasteiger partial charge in [-0.15, -0.1) is 0 Å². The molecule has 3 N–H and O–H groups in total. The molecule has 1 atom stereocenters. The lowest BCUT2D eigenvalue weighted by molar-refractivity contribution is 0.456. The molecule has 1 aromatic heterocycles. The molecule has 0 aliphatic heterocycles. The van der Waals surface area contributed by atoms with Gasteiger partial charge in [0.15, 0.2) is 0 Å². The normalized spacial score (nSPS) is 12.6. The van der Waals surface area contributed by atoms with Gasteiger partial charge in [0.1, 0.15) is 0 Å². The second-order valence-electron chi connectivity index (χ2n) is 5.35. The molecule has 4 nitrogen and oxygen atoms in total. The van der Waals surface area contributed by atoms with Crippen molar-refractivity contribution in [3.8, 4) is 0 Å². The third-order valence-electron chi connectivity index (χ3n) is 3.60. The summed E-state index contributed by atoms with van der Waals surface area (Å²) in [6.07, 6.45) is 4.83. The number of halogens is 1. The van der Waals surface area contributed by atoms with Crippen LogP contribution in [0.5, 0.6) is 0 Å². The lowest BCUT2D eigenvalue weighted by Gasteiger charge is -2.18. The quantitative estimate of drug-likeness (QED) is 0.593. The highest BCUT2D eigenvalue weighted by atomic mass is 79.9. The van der Waals surface area contributed by atoms with Crippen LogP contribution in [0.2, 0.25) is 0 Å². The fourth-order valence-corrected chi connectivity index (χ4v) is 3.16. The SMILES string of the molecule is CCCn1ncc(Br)c1C(CCc1cccc(C)c1)NN. The molecule has 2 aromatic rings. The average Bonchev–Trinajstić information content (AvgIpc) is 2.82. The molecule has 0 radical (unpaired) electrons. The van der Waals surface area contributed by atoms with E-state index in [1.807, 2.05) is 10.9 Å². The van der Waals surface area contributed by atoms with Crippen molar-refractivity contribution in [2.75, 3.05) is 0 Å². The van der Waals surface area contributed by atoms with Gasteiger partial charge in [-0.05, 0) is 47.7 Å². The largest absolute Gasteiger partial charge is 0.271 e. The van der Waals surface area contributed by atoms with Crippen LogP contribution in [0.1, 0.15) is 42.6 Å². The molecule has 0 amide bonds. The van der Waals surface area contributed by atoms with Crippen LogP contribution in [0.25, 0.3) is 0 Å². The van der Waals surface area contributed by atoms with Gasteiger partial charge in [-0.1, -0.05) is 36.8 Å². The minimum atomic E-state index is 0.0916. The molecular weight excluding hydrogens is 328 g/mol. The summed E-state index contributed by atoms with van der Waals surface area (Å²) in [5, 5.41) is 4.42. The molecule has 1 heterocycles. The summed E-state index contributed by atoms with van der Waals surface area (Å²) in [7, 11) is 0. The Bertz CT molecular complexity index is 579. The van der Waals surface area contributed by atoms with E-state index >= 15 is 0 Å². The van der Waals surface area contributed by atoms with Crippen molar-refractivity contribution in [1.29, 1.82) is 0 Å². The molecular formula is C16H23BrN4. The zero-order chi connectivity index (χ0) is 15.2. The van der Waals surface area contributed by atoms with Gasteiger partial charge >= 0.3 is 0 Å². The zero-order valence-electron chi connectivity index (χ0n) is 12.6. The molecule has 0 bridgehead atoms. The van der Waals surface area contributed by atoms with Crippen molar-refractivity contribution in [3.63, 3.8) is 0 Å². The minimum Gasteiger partial charge on any atom is -0.271 e. The van der Waals surface area contributed by atoms with Gasteiger partial charge in [0.25, 0.3) is 0 Å². The predicted molar refractivity (Wildman–Crippen MR) is 89.8 cm³/mol. The van der Waals surface area contributed by atoms with Crippen LogP contribution in [0.15, 0.2) is 34.9 Å². The Balaban J connectivity index is 2.11. The lowest BCUT2D eigenvalue weighted by atomic mass is 10.0. The third-order valence-corrected chi connectivity index (χ3v) is 4.22. The first kappa shape index (κ1) is 16.2. The first-order valence-corrected chi connectivity index (χ1v) is 8.17. The number of nitrogens with one attached hydrogen (secondary N) is 1. The van der Waals surface area contributed by atoms with Gasteiger partial charge in [-0.3, -0.25) is 16.0 Å². The number of nitrogens with zero attached hydrogens (tertiary/aromatic N) is 2. The van der Waals surface area contributed by atoms with Gasteiger partial charge in [0, 0.05) is 6.54 Å². The molecule has 1 aromatic carbocycles. The molecule has 0 fully saturated rings. The van der Waals surface area contributed by atoms with Crippen LogP contribution in [0.3, 0.4) is 0 Å². The zero-order valence-corrected chi connectivity index (χ0v) is 14.2. The first-order valence-electron chi connectivity index (χ1n) is 7.38. The first-order chi connectivity index (χ1) is 10.2. The second-order valence-corrected chi connectivity index (χ2v) is 6.20. The van der Waals surface area contributed by atoms with Gasteiger partial charge < -0.3 is 0 Å². The van der Waals surface area contributed by atoms with Crippen LogP contribution in [0.4, 0.5) is 0 Å². The van der Waals surface area contributed by atoms with E-state index in [9.17, 15) is 0 Å². The number of hydrogen-bond donors (Lipinski definition) is 2. The van der Waals surface area contributed by atoms with E-state index in [2.05, 4.69) is 64.6 Å². The van der Waals surface area contributed by atoms with Gasteiger partial charge in [0.05, 0.1) is 22.4 Å². The number of nitrogens with two attached hydrogens (primary N) is 1. The number of rotatable bonds is 7. The van der Waals surface area contributed by atoms with Gasteiger partial charge in [-0.25, -0.2) is 0 Å². The Morgan fingerprint density at radius 1 is 1.43 bits per heavy atom.